The van der Waals surface area contributed by atoms with Gasteiger partial charge in [-0.3, -0.25) is 14.4 Å². The Balaban J connectivity index is 1.71. The van der Waals surface area contributed by atoms with Gasteiger partial charge in [0.05, 0.1) is 6.10 Å². The van der Waals surface area contributed by atoms with Crippen LogP contribution in [0.15, 0.2) is 23.8 Å². The molecule has 6 heteroatoms. The summed E-state index contributed by atoms with van der Waals surface area (Å²) in [6, 6.07) is 0. The van der Waals surface area contributed by atoms with Gasteiger partial charge in [0, 0.05) is 28.7 Å². The van der Waals surface area contributed by atoms with E-state index in [1.165, 1.54) is 0 Å². The molecule has 0 bridgehead atoms. The smallest absolute Gasteiger partial charge is 0.198 e. The molecule has 2 N–H and O–H groups in total. The van der Waals surface area contributed by atoms with Crippen LogP contribution in [0.2, 0.25) is 0 Å². The van der Waals surface area contributed by atoms with Crippen molar-refractivity contribution in [3.63, 3.8) is 0 Å². The van der Waals surface area contributed by atoms with E-state index in [1.807, 2.05) is 13.0 Å². The Hall–Kier alpha value is -1.37. The molecule has 170 valence electrons. The van der Waals surface area contributed by atoms with Crippen LogP contribution in [0.5, 0.6) is 0 Å². The molecule has 4 aliphatic carbocycles. The summed E-state index contributed by atoms with van der Waals surface area (Å²) in [5.74, 6) is -0.366. The van der Waals surface area contributed by atoms with E-state index in [4.69, 9.17) is 4.84 Å². The average molecular weight is 432 g/mol. The summed E-state index contributed by atoms with van der Waals surface area (Å²) in [6.45, 7) is 10.2. The molecule has 5 nitrogen and oxygen atoms in total. The highest BCUT2D eigenvalue weighted by molar-refractivity contribution is 6.01. The molecule has 3 saturated carbocycles. The lowest BCUT2D eigenvalue weighted by Gasteiger charge is -2.70. The van der Waals surface area contributed by atoms with E-state index in [0.717, 1.165) is 18.4 Å². The van der Waals surface area contributed by atoms with E-state index in [2.05, 4.69) is 33.2 Å². The lowest BCUT2D eigenvalue weighted by atomic mass is 9.35. The summed E-state index contributed by atoms with van der Waals surface area (Å²) < 4.78 is 13.8. The number of hydrogen-bond acceptors (Lipinski definition) is 5. The van der Waals surface area contributed by atoms with Crippen LogP contribution < -0.4 is 5.48 Å². The van der Waals surface area contributed by atoms with Crippen molar-refractivity contribution in [2.45, 2.75) is 65.6 Å². The summed E-state index contributed by atoms with van der Waals surface area (Å²) in [4.78, 5) is 31.3. The number of aliphatic hydroxyl groups is 1. The highest BCUT2D eigenvalue weighted by Crippen LogP contribution is 2.78. The zero-order chi connectivity index (χ0) is 22.6. The van der Waals surface area contributed by atoms with E-state index >= 15 is 0 Å². The minimum Gasteiger partial charge on any atom is -0.392 e. The quantitative estimate of drug-likeness (QED) is 0.702. The van der Waals surface area contributed by atoms with Crippen LogP contribution in [0.4, 0.5) is 4.39 Å². The van der Waals surface area contributed by atoms with E-state index in [-0.39, 0.29) is 29.0 Å². The lowest BCUT2D eigenvalue weighted by Crippen LogP contribution is -2.70. The monoisotopic (exact) mass is 431 g/mol. The van der Waals surface area contributed by atoms with Crippen LogP contribution in [0.25, 0.3) is 0 Å². The maximum atomic E-state index is 13.8. The third-order valence-corrected chi connectivity index (χ3v) is 10.9. The summed E-state index contributed by atoms with van der Waals surface area (Å²) in [6.07, 6.45) is 6.61. The van der Waals surface area contributed by atoms with Gasteiger partial charge in [0.15, 0.2) is 23.8 Å². The van der Waals surface area contributed by atoms with Crippen molar-refractivity contribution in [2.75, 3.05) is 13.2 Å². The second kappa shape index (κ2) is 6.15. The van der Waals surface area contributed by atoms with Crippen molar-refractivity contribution in [1.29, 1.82) is 0 Å². The molecular formula is C25H34FNO4. The van der Waals surface area contributed by atoms with Gasteiger partial charge in [-0.2, -0.15) is 0 Å². The molecule has 0 amide bonds. The van der Waals surface area contributed by atoms with Crippen LogP contribution in [-0.2, 0) is 14.4 Å². The number of hydroxylamine groups is 1. The fourth-order valence-electron chi connectivity index (χ4n) is 9.05. The molecule has 1 aliphatic heterocycles. The molecule has 0 aromatic heterocycles. The van der Waals surface area contributed by atoms with Crippen molar-refractivity contribution >= 4 is 11.6 Å². The van der Waals surface area contributed by atoms with E-state index in [0.29, 0.717) is 13.0 Å². The molecule has 5 rings (SSSR count). The lowest BCUT2D eigenvalue weighted by molar-refractivity contribution is -0.251. The predicted octanol–water partition coefficient (Wildman–Crippen LogP) is 3.33. The molecule has 0 spiro atoms. The van der Waals surface area contributed by atoms with Gasteiger partial charge in [-0.25, -0.2) is 9.87 Å². The van der Waals surface area contributed by atoms with Gasteiger partial charge in [-0.05, 0) is 48.7 Å². The van der Waals surface area contributed by atoms with Crippen molar-refractivity contribution in [3.8, 4) is 0 Å². The first-order valence-electron chi connectivity index (χ1n) is 11.6. The SMILES string of the molecule is C[C@H]1C[C@@H]2[C@](C)([C@@H](O)C[C@@]3(C)[C@@]2(C)C[C@H]2CNO[C@]23C(=O)CF)[C@@]2(C)C=CC(=O)C=C12. The molecule has 5 aliphatic rings. The maximum absolute atomic E-state index is 13.8. The van der Waals surface area contributed by atoms with Gasteiger partial charge in [0.1, 0.15) is 0 Å². The fraction of sp³-hybridized carbons (Fsp3) is 0.760. The average Bonchev–Trinajstić information content (AvgIpc) is 3.21. The molecule has 31 heavy (non-hydrogen) atoms. The Morgan fingerprint density at radius 2 is 2.00 bits per heavy atom. The predicted molar refractivity (Wildman–Crippen MR) is 113 cm³/mol. The summed E-state index contributed by atoms with van der Waals surface area (Å²) in [7, 11) is 0. The van der Waals surface area contributed by atoms with Crippen LogP contribution in [-0.4, -0.2) is 41.6 Å². The minimum atomic E-state index is -1.25. The van der Waals surface area contributed by atoms with Crippen molar-refractivity contribution in [3.05, 3.63) is 23.8 Å². The van der Waals surface area contributed by atoms with Gasteiger partial charge < -0.3 is 5.11 Å². The van der Waals surface area contributed by atoms with Gasteiger partial charge in [-0.1, -0.05) is 46.3 Å². The Bertz CT molecular complexity index is 930. The van der Waals surface area contributed by atoms with Crippen molar-refractivity contribution in [1.82, 2.24) is 5.48 Å². The topological polar surface area (TPSA) is 75.6 Å². The molecule has 0 aromatic carbocycles. The Morgan fingerprint density at radius 1 is 1.29 bits per heavy atom. The number of aliphatic hydroxyl groups excluding tert-OH is 1. The molecule has 0 radical (unpaired) electrons. The van der Waals surface area contributed by atoms with Crippen LogP contribution >= 0.6 is 0 Å². The third kappa shape index (κ3) is 2.09. The van der Waals surface area contributed by atoms with E-state index in [1.54, 1.807) is 12.2 Å². The first kappa shape index (κ1) is 21.5. The molecule has 1 saturated heterocycles. The fourth-order valence-corrected chi connectivity index (χ4v) is 9.05. The number of carbonyl (C=O) groups excluding carboxylic acids is 2. The number of allylic oxidation sites excluding steroid dienone is 4. The highest BCUT2D eigenvalue weighted by atomic mass is 19.1. The Labute approximate surface area is 183 Å². The molecule has 1 heterocycles. The van der Waals surface area contributed by atoms with E-state index < -0.39 is 40.4 Å². The molecular weight excluding hydrogens is 397 g/mol. The summed E-state index contributed by atoms with van der Waals surface area (Å²) >= 11 is 0. The van der Waals surface area contributed by atoms with Crippen LogP contribution in [0, 0.1) is 39.4 Å². The van der Waals surface area contributed by atoms with E-state index in [9.17, 15) is 19.1 Å². The van der Waals surface area contributed by atoms with Gasteiger partial charge in [0.2, 0.25) is 0 Å². The van der Waals surface area contributed by atoms with Gasteiger partial charge in [0.25, 0.3) is 0 Å². The zero-order valence-electron chi connectivity index (χ0n) is 19.1. The molecule has 0 aromatic rings. The number of nitrogens with one attached hydrogen (secondary N) is 1. The zero-order valence-corrected chi connectivity index (χ0v) is 19.1. The van der Waals surface area contributed by atoms with Crippen LogP contribution in [0.1, 0.15) is 53.9 Å². The highest BCUT2D eigenvalue weighted by Gasteiger charge is 2.81. The summed E-state index contributed by atoms with van der Waals surface area (Å²) in [5, 5.41) is 11.8. The van der Waals surface area contributed by atoms with Gasteiger partial charge in [-0.15, -0.1) is 0 Å². The second-order valence-corrected chi connectivity index (χ2v) is 11.6. The Morgan fingerprint density at radius 3 is 2.68 bits per heavy atom. The number of hydrogen-bond donors (Lipinski definition) is 2. The van der Waals surface area contributed by atoms with Crippen LogP contribution in [0.3, 0.4) is 0 Å². The number of ketones is 2. The van der Waals surface area contributed by atoms with Gasteiger partial charge >= 0.3 is 0 Å². The molecule has 9 atom stereocenters. The first-order chi connectivity index (χ1) is 14.4. The maximum Gasteiger partial charge on any atom is 0.198 e. The largest absolute Gasteiger partial charge is 0.392 e. The molecule has 4 fully saturated rings. The number of carbonyl (C=O) groups is 2. The number of alkyl halides is 1. The standard InChI is InChI=1S/C25H34FNO4/c1-14-8-18-22(3)10-15-13-27-31-25(15,20(30)12-26)23(22,4)11-19(29)24(18,5)21(2)7-6-16(28)9-17(14)21/h6-7,9,14-15,18-19,27,29H,8,10-13H2,1-5H3/t14-,15-,18-,19-,21-,22-,23-,24+,25-/m0/s1. The molecule has 0 unspecified atom stereocenters. The number of halogens is 1. The number of rotatable bonds is 2. The third-order valence-electron chi connectivity index (χ3n) is 10.9. The minimum absolute atomic E-state index is 0.00472. The second-order valence-electron chi connectivity index (χ2n) is 11.6. The Kier molecular flexibility index (Phi) is 4.26. The number of fused-ring (bicyclic) bond motifs is 7. The normalized spacial score (nSPS) is 55.2. The number of Topliss-reactive ketones (excluding diaryl/α,β-unsaturated/α-hetero) is 1. The van der Waals surface area contributed by atoms with Crippen molar-refractivity contribution < 1.29 is 23.9 Å². The first-order valence-corrected chi connectivity index (χ1v) is 11.6. The van der Waals surface area contributed by atoms with Crippen molar-refractivity contribution in [2.24, 2.45) is 39.4 Å². The summed E-state index contributed by atoms with van der Waals surface area (Å²) in [5.41, 5.74) is 0.739.